The van der Waals surface area contributed by atoms with Crippen LogP contribution in [-0.2, 0) is 4.79 Å². The van der Waals surface area contributed by atoms with Gasteiger partial charge in [-0.2, -0.15) is 0 Å². The molecular weight excluding hydrogens is 296 g/mol. The predicted octanol–water partition coefficient (Wildman–Crippen LogP) is 3.32. The Hall–Kier alpha value is -2.13. The van der Waals surface area contributed by atoms with Gasteiger partial charge in [-0.05, 0) is 42.9 Å². The van der Waals surface area contributed by atoms with Crippen molar-refractivity contribution in [2.45, 2.75) is 25.2 Å². The molecule has 2 N–H and O–H groups in total. The fraction of sp³-hybridized carbons (Fsp3) is 0.381. The minimum absolute atomic E-state index is 0.0931. The second-order valence-corrected chi connectivity index (χ2v) is 6.59. The number of nitrogens with one attached hydrogen (secondary N) is 2. The molecule has 3 rings (SSSR count). The smallest absolute Gasteiger partial charge is 0.233 e. The van der Waals surface area contributed by atoms with Crippen molar-refractivity contribution in [3.05, 3.63) is 71.8 Å². The first-order chi connectivity index (χ1) is 11.8. The molecule has 24 heavy (non-hydrogen) atoms. The number of benzene rings is 2. The molecule has 3 heteroatoms. The molecule has 0 aliphatic heterocycles. The van der Waals surface area contributed by atoms with Gasteiger partial charge in [0.05, 0.1) is 6.54 Å². The molecule has 0 heterocycles. The molecule has 0 aromatic heterocycles. The van der Waals surface area contributed by atoms with Gasteiger partial charge in [0.2, 0.25) is 5.91 Å². The van der Waals surface area contributed by atoms with Gasteiger partial charge in [0.25, 0.3) is 0 Å². The lowest BCUT2D eigenvalue weighted by Crippen LogP contribution is -2.35. The van der Waals surface area contributed by atoms with Crippen LogP contribution in [0.4, 0.5) is 0 Å². The zero-order valence-corrected chi connectivity index (χ0v) is 14.1. The Kier molecular flexibility index (Phi) is 6.02. The van der Waals surface area contributed by atoms with Crippen LogP contribution in [0.2, 0.25) is 0 Å². The van der Waals surface area contributed by atoms with Gasteiger partial charge in [0, 0.05) is 12.5 Å². The molecule has 1 saturated carbocycles. The largest absolute Gasteiger partial charge is 0.355 e. The summed E-state index contributed by atoms with van der Waals surface area (Å²) in [4.78, 5) is 11.9. The molecule has 3 nitrogen and oxygen atoms in total. The summed E-state index contributed by atoms with van der Waals surface area (Å²) in [6, 6.07) is 21.0. The molecule has 2 aromatic rings. The second-order valence-electron chi connectivity index (χ2n) is 6.59. The molecule has 0 atom stereocenters. The number of hydrogen-bond acceptors (Lipinski definition) is 2. The van der Waals surface area contributed by atoms with Crippen molar-refractivity contribution in [3.63, 3.8) is 0 Å². The highest BCUT2D eigenvalue weighted by atomic mass is 16.1. The maximum absolute atomic E-state index is 11.9. The van der Waals surface area contributed by atoms with E-state index in [0.29, 0.717) is 19.0 Å². The highest BCUT2D eigenvalue weighted by Gasteiger charge is 2.20. The van der Waals surface area contributed by atoms with Crippen LogP contribution in [0.15, 0.2) is 60.7 Å². The molecular formula is C21H26N2O. The van der Waals surface area contributed by atoms with Crippen LogP contribution in [-0.4, -0.2) is 25.5 Å². The third-order valence-electron chi connectivity index (χ3n) is 4.57. The fourth-order valence-corrected chi connectivity index (χ4v) is 3.03. The van der Waals surface area contributed by atoms with Crippen molar-refractivity contribution in [1.29, 1.82) is 0 Å². The zero-order chi connectivity index (χ0) is 16.6. The van der Waals surface area contributed by atoms with E-state index in [9.17, 15) is 4.79 Å². The standard InChI is InChI=1S/C21H26N2O/c24-21(16-22-15-17-11-12-17)23-14-13-20(18-7-3-1-4-8-18)19-9-5-2-6-10-19/h1-10,17,20,22H,11-16H2,(H,23,24). The van der Waals surface area contributed by atoms with E-state index >= 15 is 0 Å². The average molecular weight is 322 g/mol. The number of carbonyl (C=O) groups is 1. The molecule has 0 unspecified atom stereocenters. The number of rotatable bonds is 9. The van der Waals surface area contributed by atoms with Gasteiger partial charge in [0.15, 0.2) is 0 Å². The SMILES string of the molecule is O=C(CNCC1CC1)NCCC(c1ccccc1)c1ccccc1. The van der Waals surface area contributed by atoms with E-state index in [2.05, 4.69) is 59.2 Å². The van der Waals surface area contributed by atoms with E-state index in [1.54, 1.807) is 0 Å². The Morgan fingerprint density at radius 1 is 0.958 bits per heavy atom. The molecule has 1 amide bonds. The lowest BCUT2D eigenvalue weighted by Gasteiger charge is -2.18. The monoisotopic (exact) mass is 322 g/mol. The Morgan fingerprint density at radius 2 is 1.54 bits per heavy atom. The van der Waals surface area contributed by atoms with Gasteiger partial charge < -0.3 is 10.6 Å². The van der Waals surface area contributed by atoms with E-state index in [-0.39, 0.29) is 5.91 Å². The molecule has 0 spiro atoms. The minimum atomic E-state index is 0.0931. The fourth-order valence-electron chi connectivity index (χ4n) is 3.03. The molecule has 2 aromatic carbocycles. The van der Waals surface area contributed by atoms with Crippen LogP contribution in [0.1, 0.15) is 36.3 Å². The highest BCUT2D eigenvalue weighted by molar-refractivity contribution is 5.77. The van der Waals surface area contributed by atoms with Crippen LogP contribution in [0.3, 0.4) is 0 Å². The maximum atomic E-state index is 11.9. The Balaban J connectivity index is 1.51. The summed E-state index contributed by atoms with van der Waals surface area (Å²) in [6.07, 6.45) is 3.53. The first-order valence-corrected chi connectivity index (χ1v) is 8.90. The molecule has 1 aliphatic rings. The summed E-state index contributed by atoms with van der Waals surface area (Å²) in [7, 11) is 0. The summed E-state index contributed by atoms with van der Waals surface area (Å²) >= 11 is 0. The van der Waals surface area contributed by atoms with E-state index in [1.807, 2.05) is 12.1 Å². The van der Waals surface area contributed by atoms with Crippen molar-refractivity contribution < 1.29 is 4.79 Å². The van der Waals surface area contributed by atoms with E-state index < -0.39 is 0 Å². The normalized spacial score (nSPS) is 13.9. The van der Waals surface area contributed by atoms with Gasteiger partial charge in [-0.3, -0.25) is 4.79 Å². The molecule has 1 fully saturated rings. The second kappa shape index (κ2) is 8.65. The topological polar surface area (TPSA) is 41.1 Å². The number of amides is 1. The Bertz CT molecular complexity index is 583. The Labute approximate surface area is 144 Å². The number of hydrogen-bond donors (Lipinski definition) is 2. The third-order valence-corrected chi connectivity index (χ3v) is 4.57. The molecule has 1 aliphatic carbocycles. The van der Waals surface area contributed by atoms with Crippen molar-refractivity contribution >= 4 is 5.91 Å². The van der Waals surface area contributed by atoms with Crippen LogP contribution in [0.25, 0.3) is 0 Å². The van der Waals surface area contributed by atoms with Gasteiger partial charge in [0.1, 0.15) is 0 Å². The summed E-state index contributed by atoms with van der Waals surface area (Å²) in [5.41, 5.74) is 2.59. The van der Waals surface area contributed by atoms with Crippen LogP contribution < -0.4 is 10.6 Å². The molecule has 0 radical (unpaired) electrons. The summed E-state index contributed by atoms with van der Waals surface area (Å²) in [5, 5.41) is 6.28. The third kappa shape index (κ3) is 5.20. The van der Waals surface area contributed by atoms with Crippen molar-refractivity contribution in [2.75, 3.05) is 19.6 Å². The zero-order valence-electron chi connectivity index (χ0n) is 14.1. The first-order valence-electron chi connectivity index (χ1n) is 8.90. The Morgan fingerprint density at radius 3 is 2.08 bits per heavy atom. The molecule has 0 saturated heterocycles. The van der Waals surface area contributed by atoms with Gasteiger partial charge in [-0.25, -0.2) is 0 Å². The quantitative estimate of drug-likeness (QED) is 0.743. The average Bonchev–Trinajstić information content (AvgIpc) is 3.45. The first kappa shape index (κ1) is 16.7. The highest BCUT2D eigenvalue weighted by Crippen LogP contribution is 2.28. The summed E-state index contributed by atoms with van der Waals surface area (Å²) in [5.74, 6) is 1.21. The van der Waals surface area contributed by atoms with Gasteiger partial charge >= 0.3 is 0 Å². The van der Waals surface area contributed by atoms with E-state index in [0.717, 1.165) is 18.9 Å². The van der Waals surface area contributed by atoms with Crippen LogP contribution in [0.5, 0.6) is 0 Å². The summed E-state index contributed by atoms with van der Waals surface area (Å²) in [6.45, 7) is 2.10. The number of carbonyl (C=O) groups excluding carboxylic acids is 1. The lowest BCUT2D eigenvalue weighted by atomic mass is 9.88. The van der Waals surface area contributed by atoms with Crippen molar-refractivity contribution in [2.24, 2.45) is 5.92 Å². The van der Waals surface area contributed by atoms with Gasteiger partial charge in [-0.1, -0.05) is 60.7 Å². The van der Waals surface area contributed by atoms with E-state index in [1.165, 1.54) is 24.0 Å². The minimum Gasteiger partial charge on any atom is -0.355 e. The molecule has 126 valence electrons. The summed E-state index contributed by atoms with van der Waals surface area (Å²) < 4.78 is 0. The van der Waals surface area contributed by atoms with Crippen molar-refractivity contribution in [1.82, 2.24) is 10.6 Å². The predicted molar refractivity (Wildman–Crippen MR) is 97.9 cm³/mol. The van der Waals surface area contributed by atoms with Crippen LogP contribution >= 0.6 is 0 Å². The maximum Gasteiger partial charge on any atom is 0.233 e. The van der Waals surface area contributed by atoms with Crippen LogP contribution in [0, 0.1) is 5.92 Å². The van der Waals surface area contributed by atoms with E-state index in [4.69, 9.17) is 0 Å². The lowest BCUT2D eigenvalue weighted by molar-refractivity contribution is -0.120. The van der Waals surface area contributed by atoms with Crippen molar-refractivity contribution in [3.8, 4) is 0 Å². The molecule has 0 bridgehead atoms. The van der Waals surface area contributed by atoms with Gasteiger partial charge in [-0.15, -0.1) is 0 Å².